The summed E-state index contributed by atoms with van der Waals surface area (Å²) in [6.07, 6.45) is -4.84. The molecule has 0 radical (unpaired) electrons. The molecule has 0 heterocycles. The fourth-order valence-corrected chi connectivity index (χ4v) is 1.45. The summed E-state index contributed by atoms with van der Waals surface area (Å²) in [5.41, 5.74) is 0.153. The third kappa shape index (κ3) is 5.40. The molecule has 1 rings (SSSR count). The maximum Gasteiger partial charge on any atom is 0.393 e. The minimum atomic E-state index is -4.29. The Morgan fingerprint density at radius 3 is 2.67 bits per heavy atom. The van der Waals surface area contributed by atoms with Gasteiger partial charge in [0.2, 0.25) is 0 Å². The zero-order chi connectivity index (χ0) is 13.6. The molecule has 0 aliphatic carbocycles. The van der Waals surface area contributed by atoms with E-state index in [1.807, 2.05) is 0 Å². The number of ether oxygens (including phenoxy) is 1. The summed E-state index contributed by atoms with van der Waals surface area (Å²) in [7, 11) is 0. The highest BCUT2D eigenvalue weighted by molar-refractivity contribution is 6.17. The standard InChI is InChI=1S/C12H12ClF3O2/c13-5-2-6-18-11(17)10-4-1-3-9(7-10)8-12(14,15)16/h1,3-4,7H,2,5-6,8H2. The van der Waals surface area contributed by atoms with Gasteiger partial charge in [-0.1, -0.05) is 12.1 Å². The summed E-state index contributed by atoms with van der Waals surface area (Å²) in [4.78, 5) is 11.5. The molecule has 0 aliphatic heterocycles. The van der Waals surface area contributed by atoms with Gasteiger partial charge in [0.15, 0.2) is 0 Å². The number of halogens is 4. The number of carbonyl (C=O) groups is 1. The Morgan fingerprint density at radius 2 is 2.06 bits per heavy atom. The van der Waals surface area contributed by atoms with Crippen LogP contribution in [-0.2, 0) is 11.2 Å². The van der Waals surface area contributed by atoms with E-state index in [1.54, 1.807) is 0 Å². The monoisotopic (exact) mass is 280 g/mol. The average Bonchev–Trinajstić information content (AvgIpc) is 2.27. The normalized spacial score (nSPS) is 11.3. The van der Waals surface area contributed by atoms with Crippen LogP contribution in [-0.4, -0.2) is 24.6 Å². The first-order valence-electron chi connectivity index (χ1n) is 5.31. The van der Waals surface area contributed by atoms with Crippen LogP contribution < -0.4 is 0 Å². The number of alkyl halides is 4. The maximum atomic E-state index is 12.2. The van der Waals surface area contributed by atoms with Gasteiger partial charge in [0.05, 0.1) is 18.6 Å². The fraction of sp³-hybridized carbons (Fsp3) is 0.417. The highest BCUT2D eigenvalue weighted by atomic mass is 35.5. The minimum Gasteiger partial charge on any atom is -0.462 e. The number of esters is 1. The van der Waals surface area contributed by atoms with Crippen LogP contribution >= 0.6 is 11.6 Å². The van der Waals surface area contributed by atoms with Gasteiger partial charge in [0.25, 0.3) is 0 Å². The molecule has 0 unspecified atom stereocenters. The van der Waals surface area contributed by atoms with E-state index in [0.717, 1.165) is 0 Å². The third-order valence-electron chi connectivity index (χ3n) is 2.08. The lowest BCUT2D eigenvalue weighted by Gasteiger charge is -2.08. The van der Waals surface area contributed by atoms with Crippen molar-refractivity contribution in [1.82, 2.24) is 0 Å². The summed E-state index contributed by atoms with van der Waals surface area (Å²) in [5.74, 6) is -0.273. The summed E-state index contributed by atoms with van der Waals surface area (Å²) in [6, 6.07) is 5.33. The van der Waals surface area contributed by atoms with Crippen LogP contribution in [0.5, 0.6) is 0 Å². The van der Waals surface area contributed by atoms with Crippen LogP contribution in [0.4, 0.5) is 13.2 Å². The molecule has 0 saturated heterocycles. The lowest BCUT2D eigenvalue weighted by molar-refractivity contribution is -0.127. The van der Waals surface area contributed by atoms with E-state index in [1.165, 1.54) is 24.3 Å². The van der Waals surface area contributed by atoms with Crippen LogP contribution in [0.25, 0.3) is 0 Å². The molecule has 0 fully saturated rings. The second kappa shape index (κ2) is 6.64. The van der Waals surface area contributed by atoms with Crippen LogP contribution in [0.2, 0.25) is 0 Å². The highest BCUT2D eigenvalue weighted by Gasteiger charge is 2.27. The number of hydrogen-bond donors (Lipinski definition) is 0. The molecule has 0 amide bonds. The first kappa shape index (κ1) is 14.8. The first-order chi connectivity index (χ1) is 8.42. The number of benzene rings is 1. The second-order valence-electron chi connectivity index (χ2n) is 3.67. The van der Waals surface area contributed by atoms with Gasteiger partial charge in [-0.15, -0.1) is 11.6 Å². The van der Waals surface area contributed by atoms with Crippen molar-refractivity contribution in [3.05, 3.63) is 35.4 Å². The van der Waals surface area contributed by atoms with E-state index >= 15 is 0 Å². The van der Waals surface area contributed by atoms with Crippen LogP contribution in [0.1, 0.15) is 22.3 Å². The van der Waals surface area contributed by atoms with Crippen molar-refractivity contribution in [2.24, 2.45) is 0 Å². The SMILES string of the molecule is O=C(OCCCCl)c1cccc(CC(F)(F)F)c1. The Hall–Kier alpha value is -1.23. The molecule has 18 heavy (non-hydrogen) atoms. The van der Waals surface area contributed by atoms with Crippen molar-refractivity contribution in [2.75, 3.05) is 12.5 Å². The van der Waals surface area contributed by atoms with E-state index in [-0.39, 0.29) is 17.7 Å². The van der Waals surface area contributed by atoms with Gasteiger partial charge >= 0.3 is 12.1 Å². The van der Waals surface area contributed by atoms with Crippen molar-refractivity contribution < 1.29 is 22.7 Å². The summed E-state index contributed by atoms with van der Waals surface area (Å²) >= 11 is 5.41. The topological polar surface area (TPSA) is 26.3 Å². The average molecular weight is 281 g/mol. The summed E-state index contributed by atoms with van der Waals surface area (Å²) < 4.78 is 41.4. The molecule has 2 nitrogen and oxygen atoms in total. The van der Waals surface area contributed by atoms with E-state index in [9.17, 15) is 18.0 Å². The number of hydrogen-bond acceptors (Lipinski definition) is 2. The van der Waals surface area contributed by atoms with Crippen molar-refractivity contribution in [1.29, 1.82) is 0 Å². The summed E-state index contributed by atoms with van der Waals surface area (Å²) in [5, 5.41) is 0. The lowest BCUT2D eigenvalue weighted by atomic mass is 10.1. The molecule has 1 aromatic carbocycles. The molecule has 0 spiro atoms. The van der Waals surface area contributed by atoms with Gasteiger partial charge in [-0.05, 0) is 24.1 Å². The predicted molar refractivity (Wildman–Crippen MR) is 61.8 cm³/mol. The molecule has 100 valence electrons. The van der Waals surface area contributed by atoms with Crippen LogP contribution in [0, 0.1) is 0 Å². The molecular weight excluding hydrogens is 269 g/mol. The smallest absolute Gasteiger partial charge is 0.393 e. The van der Waals surface area contributed by atoms with Gasteiger partial charge in [0, 0.05) is 5.88 Å². The van der Waals surface area contributed by atoms with E-state index in [4.69, 9.17) is 16.3 Å². The zero-order valence-corrected chi connectivity index (χ0v) is 10.2. The van der Waals surface area contributed by atoms with Gasteiger partial charge in [-0.2, -0.15) is 13.2 Å². The van der Waals surface area contributed by atoms with Gasteiger partial charge in [-0.3, -0.25) is 0 Å². The fourth-order valence-electron chi connectivity index (χ4n) is 1.34. The van der Waals surface area contributed by atoms with Crippen molar-refractivity contribution in [3.63, 3.8) is 0 Å². The van der Waals surface area contributed by atoms with Crippen molar-refractivity contribution >= 4 is 17.6 Å². The minimum absolute atomic E-state index is 0.0364. The Kier molecular flexibility index (Phi) is 5.47. The molecule has 0 N–H and O–H groups in total. The molecule has 1 aromatic rings. The van der Waals surface area contributed by atoms with Gasteiger partial charge < -0.3 is 4.74 Å². The van der Waals surface area contributed by atoms with Crippen LogP contribution in [0.15, 0.2) is 24.3 Å². The van der Waals surface area contributed by atoms with Crippen molar-refractivity contribution in [3.8, 4) is 0 Å². The number of rotatable bonds is 5. The Bertz CT molecular complexity index is 405. The largest absolute Gasteiger partial charge is 0.462 e. The highest BCUT2D eigenvalue weighted by Crippen LogP contribution is 2.21. The van der Waals surface area contributed by atoms with E-state index in [2.05, 4.69) is 0 Å². The van der Waals surface area contributed by atoms with Crippen molar-refractivity contribution in [2.45, 2.75) is 19.0 Å². The zero-order valence-electron chi connectivity index (χ0n) is 9.47. The maximum absolute atomic E-state index is 12.2. The quantitative estimate of drug-likeness (QED) is 0.468. The lowest BCUT2D eigenvalue weighted by Crippen LogP contribution is -2.12. The van der Waals surface area contributed by atoms with E-state index < -0.39 is 18.6 Å². The Labute approximate surface area is 108 Å². The first-order valence-corrected chi connectivity index (χ1v) is 5.84. The Morgan fingerprint density at radius 1 is 1.33 bits per heavy atom. The second-order valence-corrected chi connectivity index (χ2v) is 4.05. The molecule has 6 heteroatoms. The van der Waals surface area contributed by atoms with Gasteiger partial charge in [0.1, 0.15) is 0 Å². The van der Waals surface area contributed by atoms with E-state index in [0.29, 0.717) is 12.3 Å². The predicted octanol–water partition coefficient (Wildman–Crippen LogP) is 3.58. The molecule has 0 aromatic heterocycles. The van der Waals surface area contributed by atoms with Gasteiger partial charge in [-0.25, -0.2) is 4.79 Å². The van der Waals surface area contributed by atoms with Crippen LogP contribution in [0.3, 0.4) is 0 Å². The molecule has 0 atom stereocenters. The molecule has 0 saturated carbocycles. The number of carbonyl (C=O) groups excluding carboxylic acids is 1. The Balaban J connectivity index is 2.66. The molecule has 0 bridgehead atoms. The summed E-state index contributed by atoms with van der Waals surface area (Å²) in [6.45, 7) is 0.159. The molecular formula is C12H12ClF3O2. The molecule has 0 aliphatic rings. The third-order valence-corrected chi connectivity index (χ3v) is 2.35.